The lowest BCUT2D eigenvalue weighted by molar-refractivity contribution is -0.136. The summed E-state index contributed by atoms with van der Waals surface area (Å²) in [7, 11) is 2.83. The topological polar surface area (TPSA) is 106 Å². The zero-order chi connectivity index (χ0) is 18.9. The van der Waals surface area contributed by atoms with E-state index in [0.29, 0.717) is 22.6 Å². The summed E-state index contributed by atoms with van der Waals surface area (Å²) in [5.74, 6) is -1.58. The third-order valence-corrected chi connectivity index (χ3v) is 3.27. The van der Waals surface area contributed by atoms with Gasteiger partial charge in [-0.1, -0.05) is 12.1 Å². The maximum atomic E-state index is 11.8. The van der Waals surface area contributed by atoms with Gasteiger partial charge in [0, 0.05) is 5.69 Å². The van der Waals surface area contributed by atoms with Gasteiger partial charge in [0.1, 0.15) is 5.75 Å². The summed E-state index contributed by atoms with van der Waals surface area (Å²) in [5, 5.41) is 6.14. The van der Waals surface area contributed by atoms with E-state index >= 15 is 0 Å². The minimum atomic E-state index is -0.914. The van der Waals surface area contributed by atoms with Gasteiger partial charge in [0.15, 0.2) is 0 Å². The summed E-state index contributed by atoms with van der Waals surface area (Å²) in [6.45, 7) is 0. The molecule has 2 rings (SSSR count). The van der Waals surface area contributed by atoms with Crippen LogP contribution in [-0.2, 0) is 14.3 Å². The van der Waals surface area contributed by atoms with Crippen molar-refractivity contribution >= 4 is 29.7 Å². The lowest BCUT2D eigenvalue weighted by Crippen LogP contribution is -2.32. The van der Waals surface area contributed by atoms with E-state index in [9.17, 15) is 14.4 Å². The molecule has 0 atom stereocenters. The van der Waals surface area contributed by atoms with Crippen molar-refractivity contribution in [3.63, 3.8) is 0 Å². The molecular formula is C18H17N3O5. The molecule has 8 heteroatoms. The fourth-order valence-corrected chi connectivity index (χ4v) is 1.90. The molecule has 26 heavy (non-hydrogen) atoms. The van der Waals surface area contributed by atoms with Gasteiger partial charge in [-0.15, -0.1) is 0 Å². The van der Waals surface area contributed by atoms with E-state index in [2.05, 4.69) is 20.6 Å². The number of esters is 1. The van der Waals surface area contributed by atoms with E-state index in [0.717, 1.165) is 0 Å². The molecule has 0 aliphatic carbocycles. The Balaban J connectivity index is 1.87. The van der Waals surface area contributed by atoms with Crippen molar-refractivity contribution < 1.29 is 23.9 Å². The molecule has 134 valence electrons. The normalized spacial score (nSPS) is 10.2. The van der Waals surface area contributed by atoms with Gasteiger partial charge in [-0.2, -0.15) is 5.10 Å². The Morgan fingerprint density at radius 3 is 2.15 bits per heavy atom. The van der Waals surface area contributed by atoms with Crippen molar-refractivity contribution in [3.8, 4) is 5.75 Å². The zero-order valence-electron chi connectivity index (χ0n) is 14.2. The van der Waals surface area contributed by atoms with Gasteiger partial charge in [0.05, 0.1) is 26.0 Å². The van der Waals surface area contributed by atoms with Crippen molar-refractivity contribution in [3.05, 3.63) is 59.7 Å². The second-order valence-electron chi connectivity index (χ2n) is 5.00. The largest absolute Gasteiger partial charge is 0.497 e. The molecule has 2 N–H and O–H groups in total. The Kier molecular flexibility index (Phi) is 6.44. The fraction of sp³-hybridized carbons (Fsp3) is 0.111. The molecule has 0 saturated heterocycles. The molecule has 2 aromatic carbocycles. The van der Waals surface area contributed by atoms with Crippen molar-refractivity contribution in [1.29, 1.82) is 0 Å². The van der Waals surface area contributed by atoms with Crippen LogP contribution in [0, 0.1) is 0 Å². The van der Waals surface area contributed by atoms with Crippen molar-refractivity contribution in [2.45, 2.75) is 0 Å². The number of nitrogens with zero attached hydrogens (tertiary/aromatic N) is 1. The van der Waals surface area contributed by atoms with Crippen LogP contribution in [0.1, 0.15) is 15.9 Å². The number of nitrogens with one attached hydrogen (secondary N) is 2. The molecule has 0 aromatic heterocycles. The third-order valence-electron chi connectivity index (χ3n) is 3.27. The standard InChI is InChI=1S/C18H17N3O5/c1-25-15-9-7-14(8-10-15)20-16(22)17(23)21-19-11-12-3-5-13(6-4-12)18(24)26-2/h3-11H,1-2H3,(H,20,22)(H,21,23)/b19-11+. The van der Waals surface area contributed by atoms with Crippen molar-refractivity contribution in [2.75, 3.05) is 19.5 Å². The van der Waals surface area contributed by atoms with Gasteiger partial charge >= 0.3 is 17.8 Å². The number of carbonyl (C=O) groups excluding carboxylic acids is 3. The van der Waals surface area contributed by atoms with Crippen LogP contribution < -0.4 is 15.5 Å². The van der Waals surface area contributed by atoms with Crippen LogP contribution in [0.5, 0.6) is 5.75 Å². The number of hydrogen-bond donors (Lipinski definition) is 2. The van der Waals surface area contributed by atoms with Gasteiger partial charge < -0.3 is 14.8 Å². The van der Waals surface area contributed by atoms with Crippen LogP contribution in [0.4, 0.5) is 5.69 Å². The van der Waals surface area contributed by atoms with Crippen LogP contribution in [-0.4, -0.2) is 38.2 Å². The lowest BCUT2D eigenvalue weighted by Gasteiger charge is -2.05. The highest BCUT2D eigenvalue weighted by molar-refractivity contribution is 6.39. The summed E-state index contributed by atoms with van der Waals surface area (Å²) >= 11 is 0. The highest BCUT2D eigenvalue weighted by Crippen LogP contribution is 2.14. The molecule has 0 aliphatic rings. The summed E-state index contributed by atoms with van der Waals surface area (Å²) in [6, 6.07) is 12.9. The second-order valence-corrected chi connectivity index (χ2v) is 5.00. The highest BCUT2D eigenvalue weighted by atomic mass is 16.5. The SMILES string of the molecule is COC(=O)c1ccc(/C=N/NC(=O)C(=O)Nc2ccc(OC)cc2)cc1. The predicted molar refractivity (Wildman–Crippen MR) is 95.1 cm³/mol. The molecule has 2 aromatic rings. The molecule has 0 saturated carbocycles. The number of carbonyl (C=O) groups is 3. The third kappa shape index (κ3) is 5.17. The van der Waals surface area contributed by atoms with E-state index in [1.807, 2.05) is 0 Å². The lowest BCUT2D eigenvalue weighted by atomic mass is 10.1. The Hall–Kier alpha value is -3.68. The highest BCUT2D eigenvalue weighted by Gasteiger charge is 2.12. The molecule has 0 fully saturated rings. The molecule has 0 unspecified atom stereocenters. The maximum Gasteiger partial charge on any atom is 0.337 e. The van der Waals surface area contributed by atoms with E-state index in [-0.39, 0.29) is 0 Å². The maximum absolute atomic E-state index is 11.8. The number of methoxy groups -OCH3 is 2. The van der Waals surface area contributed by atoms with Crippen LogP contribution >= 0.6 is 0 Å². The van der Waals surface area contributed by atoms with E-state index in [4.69, 9.17) is 4.74 Å². The second kappa shape index (κ2) is 8.97. The van der Waals surface area contributed by atoms with Crippen LogP contribution in [0.2, 0.25) is 0 Å². The van der Waals surface area contributed by atoms with Crippen LogP contribution in [0.25, 0.3) is 0 Å². The van der Waals surface area contributed by atoms with Gasteiger partial charge in [0.2, 0.25) is 0 Å². The predicted octanol–water partition coefficient (Wildman–Crippen LogP) is 1.57. The monoisotopic (exact) mass is 355 g/mol. The Bertz CT molecular complexity index is 814. The number of hydrazone groups is 1. The number of amides is 2. The summed E-state index contributed by atoms with van der Waals surface area (Å²) in [5.41, 5.74) is 3.61. The minimum absolute atomic E-state index is 0.396. The first-order valence-corrected chi connectivity index (χ1v) is 7.50. The van der Waals surface area contributed by atoms with Crippen molar-refractivity contribution in [2.24, 2.45) is 5.10 Å². The molecular weight excluding hydrogens is 338 g/mol. The van der Waals surface area contributed by atoms with Crippen molar-refractivity contribution in [1.82, 2.24) is 5.43 Å². The first kappa shape index (κ1) is 18.7. The number of hydrogen-bond acceptors (Lipinski definition) is 6. The average Bonchev–Trinajstić information content (AvgIpc) is 2.68. The van der Waals surface area contributed by atoms with Crippen LogP contribution in [0.3, 0.4) is 0 Å². The Labute approximate surface area is 149 Å². The molecule has 8 nitrogen and oxygen atoms in total. The molecule has 0 spiro atoms. The molecule has 2 amide bonds. The molecule has 0 radical (unpaired) electrons. The van der Waals surface area contributed by atoms with Gasteiger partial charge in [0.25, 0.3) is 0 Å². The number of benzene rings is 2. The smallest absolute Gasteiger partial charge is 0.337 e. The zero-order valence-corrected chi connectivity index (χ0v) is 14.2. The van der Waals surface area contributed by atoms with E-state index in [1.165, 1.54) is 20.4 Å². The van der Waals surface area contributed by atoms with E-state index in [1.54, 1.807) is 48.5 Å². The van der Waals surface area contributed by atoms with Gasteiger partial charge in [-0.25, -0.2) is 10.2 Å². The number of ether oxygens (including phenoxy) is 2. The molecule has 0 heterocycles. The number of anilines is 1. The Morgan fingerprint density at radius 2 is 1.58 bits per heavy atom. The summed E-state index contributed by atoms with van der Waals surface area (Å²) in [6.07, 6.45) is 1.35. The first-order valence-electron chi connectivity index (χ1n) is 7.50. The number of rotatable bonds is 5. The average molecular weight is 355 g/mol. The quantitative estimate of drug-likeness (QED) is 0.366. The molecule has 0 bridgehead atoms. The first-order chi connectivity index (χ1) is 12.5. The fourth-order valence-electron chi connectivity index (χ4n) is 1.90. The van der Waals surface area contributed by atoms with Gasteiger partial charge in [-0.3, -0.25) is 9.59 Å². The minimum Gasteiger partial charge on any atom is -0.497 e. The van der Waals surface area contributed by atoms with Gasteiger partial charge in [-0.05, 0) is 42.0 Å². The summed E-state index contributed by atoms with van der Waals surface area (Å²) in [4.78, 5) is 34.8. The van der Waals surface area contributed by atoms with Crippen LogP contribution in [0.15, 0.2) is 53.6 Å². The summed E-state index contributed by atoms with van der Waals surface area (Å²) < 4.78 is 9.60. The molecule has 0 aliphatic heterocycles. The van der Waals surface area contributed by atoms with E-state index < -0.39 is 17.8 Å². The Morgan fingerprint density at radius 1 is 0.923 bits per heavy atom.